The van der Waals surface area contributed by atoms with Crippen LogP contribution in [0.4, 0.5) is 0 Å². The van der Waals surface area contributed by atoms with E-state index in [1.165, 1.54) is 11.3 Å². The number of carbonyl (C=O) groups excluding carboxylic acids is 1. The summed E-state index contributed by atoms with van der Waals surface area (Å²) in [6, 6.07) is 13.4. The number of thiazole rings is 1. The van der Waals surface area contributed by atoms with Gasteiger partial charge in [0.2, 0.25) is 5.13 Å². The maximum atomic E-state index is 11.9. The predicted molar refractivity (Wildman–Crippen MR) is 108 cm³/mol. The Morgan fingerprint density at radius 2 is 1.96 bits per heavy atom. The first kappa shape index (κ1) is 19.0. The predicted octanol–water partition coefficient (Wildman–Crippen LogP) is 5.01. The second-order valence-corrected chi connectivity index (χ2v) is 6.59. The van der Waals surface area contributed by atoms with Crippen molar-refractivity contribution in [2.75, 3.05) is 6.61 Å². The van der Waals surface area contributed by atoms with E-state index in [4.69, 9.17) is 16.3 Å². The molecule has 4 rings (SSSR count). The molecule has 0 atom stereocenters. The molecule has 0 N–H and O–H groups in total. The molecule has 0 amide bonds. The number of carbonyl (C=O) groups is 1. The lowest BCUT2D eigenvalue weighted by molar-refractivity contribution is 0.0520. The van der Waals surface area contributed by atoms with E-state index in [2.05, 4.69) is 15.1 Å². The monoisotopic (exact) mass is 400 g/mol. The van der Waals surface area contributed by atoms with Gasteiger partial charge >= 0.3 is 5.97 Å². The fourth-order valence-electron chi connectivity index (χ4n) is 2.58. The van der Waals surface area contributed by atoms with Gasteiger partial charge in [0.1, 0.15) is 10.8 Å². The largest absolute Gasteiger partial charge is 0.461 e. The molecule has 0 saturated carbocycles. The standard InChI is InChI=1S/C18H13ClN4O2S.CH4/c1-2-25-17(24)13-10-26-18(20-13)23-16-12(8-9-14(19)21-16)15(22-23)11-6-4-3-5-7-11;/h3-10H,2H2,1H3;1H4. The number of nitrogens with zero attached hydrogens (tertiary/aromatic N) is 4. The van der Waals surface area contributed by atoms with Gasteiger partial charge in [0.25, 0.3) is 0 Å². The van der Waals surface area contributed by atoms with Crippen LogP contribution < -0.4 is 0 Å². The van der Waals surface area contributed by atoms with Crippen molar-refractivity contribution >= 4 is 39.9 Å². The van der Waals surface area contributed by atoms with Crippen LogP contribution >= 0.6 is 22.9 Å². The van der Waals surface area contributed by atoms with Crippen LogP contribution in [0, 0.1) is 0 Å². The molecule has 0 spiro atoms. The van der Waals surface area contributed by atoms with Gasteiger partial charge < -0.3 is 4.74 Å². The number of fused-ring (bicyclic) bond motifs is 1. The summed E-state index contributed by atoms with van der Waals surface area (Å²) < 4.78 is 6.61. The zero-order valence-electron chi connectivity index (χ0n) is 13.7. The topological polar surface area (TPSA) is 69.9 Å². The minimum atomic E-state index is -0.458. The maximum Gasteiger partial charge on any atom is 0.357 e. The van der Waals surface area contributed by atoms with Crippen molar-refractivity contribution in [3.63, 3.8) is 0 Å². The van der Waals surface area contributed by atoms with Crippen LogP contribution in [0.5, 0.6) is 0 Å². The Bertz CT molecular complexity index is 1090. The van der Waals surface area contributed by atoms with Crippen LogP contribution in [-0.4, -0.2) is 32.3 Å². The smallest absolute Gasteiger partial charge is 0.357 e. The van der Waals surface area contributed by atoms with Gasteiger partial charge in [0.05, 0.1) is 6.61 Å². The van der Waals surface area contributed by atoms with Gasteiger partial charge in [-0.1, -0.05) is 49.4 Å². The number of ether oxygens (including phenoxy) is 1. The molecule has 6 nitrogen and oxygen atoms in total. The Morgan fingerprint density at radius 1 is 1.19 bits per heavy atom. The molecule has 3 heterocycles. The summed E-state index contributed by atoms with van der Waals surface area (Å²) >= 11 is 7.38. The number of hydrogen-bond donors (Lipinski definition) is 0. The van der Waals surface area contributed by atoms with Crippen LogP contribution in [0.15, 0.2) is 47.8 Å². The molecule has 0 aliphatic carbocycles. The average molecular weight is 401 g/mol. The highest BCUT2D eigenvalue weighted by Crippen LogP contribution is 2.30. The van der Waals surface area contributed by atoms with E-state index in [9.17, 15) is 4.79 Å². The number of esters is 1. The normalized spacial score (nSPS) is 10.6. The summed E-state index contributed by atoms with van der Waals surface area (Å²) in [5.74, 6) is -0.458. The van der Waals surface area contributed by atoms with Gasteiger partial charge in [-0.3, -0.25) is 0 Å². The lowest BCUT2D eigenvalue weighted by atomic mass is 10.1. The van der Waals surface area contributed by atoms with Gasteiger partial charge in [-0.2, -0.15) is 9.78 Å². The molecule has 8 heteroatoms. The molecule has 0 aliphatic heterocycles. The first-order valence-electron chi connectivity index (χ1n) is 7.91. The summed E-state index contributed by atoms with van der Waals surface area (Å²) in [7, 11) is 0. The number of benzene rings is 1. The number of rotatable bonds is 4. The molecule has 27 heavy (non-hydrogen) atoms. The SMILES string of the molecule is C.CCOC(=O)c1csc(-n2nc(-c3ccccc3)c3ccc(Cl)nc32)n1. The molecule has 0 unspecified atom stereocenters. The average Bonchev–Trinajstić information content (AvgIpc) is 3.27. The van der Waals surface area contributed by atoms with Crippen molar-refractivity contribution in [3.8, 4) is 16.4 Å². The molecule has 1 aromatic carbocycles. The number of halogens is 1. The van der Waals surface area contributed by atoms with Gasteiger partial charge in [-0.05, 0) is 19.1 Å². The molecule has 3 aromatic heterocycles. The first-order valence-corrected chi connectivity index (χ1v) is 9.17. The van der Waals surface area contributed by atoms with Crippen LogP contribution in [0.2, 0.25) is 5.15 Å². The van der Waals surface area contributed by atoms with Gasteiger partial charge in [0, 0.05) is 16.3 Å². The fourth-order valence-corrected chi connectivity index (χ4v) is 3.46. The first-order chi connectivity index (χ1) is 12.7. The van der Waals surface area contributed by atoms with Crippen molar-refractivity contribution in [1.82, 2.24) is 19.7 Å². The van der Waals surface area contributed by atoms with Crippen LogP contribution in [0.3, 0.4) is 0 Å². The zero-order valence-corrected chi connectivity index (χ0v) is 15.3. The Labute approximate surface area is 165 Å². The fraction of sp³-hybridized carbons (Fsp3) is 0.158. The van der Waals surface area contributed by atoms with Crippen LogP contribution in [0.25, 0.3) is 27.4 Å². The zero-order chi connectivity index (χ0) is 18.1. The number of aromatic nitrogens is 4. The van der Waals surface area contributed by atoms with Crippen molar-refractivity contribution in [3.05, 3.63) is 58.7 Å². The Hall–Kier alpha value is -2.77. The molecule has 0 saturated heterocycles. The molecule has 0 aliphatic rings. The second kappa shape index (κ2) is 7.85. The van der Waals surface area contributed by atoms with Gasteiger partial charge in [-0.25, -0.2) is 14.8 Å². The summed E-state index contributed by atoms with van der Waals surface area (Å²) in [5.41, 5.74) is 2.57. The Balaban J connectivity index is 0.00000210. The van der Waals surface area contributed by atoms with Gasteiger partial charge in [0.15, 0.2) is 11.3 Å². The quantitative estimate of drug-likeness (QED) is 0.355. The van der Waals surface area contributed by atoms with Crippen LogP contribution in [0.1, 0.15) is 24.8 Å². The van der Waals surface area contributed by atoms with Crippen LogP contribution in [-0.2, 0) is 4.74 Å². The van der Waals surface area contributed by atoms with E-state index in [-0.39, 0.29) is 13.1 Å². The lowest BCUT2D eigenvalue weighted by Crippen LogP contribution is -2.06. The Kier molecular flexibility index (Phi) is 5.53. The van der Waals surface area contributed by atoms with E-state index in [0.29, 0.717) is 22.5 Å². The summed E-state index contributed by atoms with van der Waals surface area (Å²) in [6.07, 6.45) is 0. The van der Waals surface area contributed by atoms with Crippen molar-refractivity contribution < 1.29 is 9.53 Å². The highest BCUT2D eigenvalue weighted by atomic mass is 35.5. The van der Waals surface area contributed by atoms with Gasteiger partial charge in [-0.15, -0.1) is 11.3 Å². The summed E-state index contributed by atoms with van der Waals surface area (Å²) in [4.78, 5) is 20.6. The molecule has 0 radical (unpaired) electrons. The van der Waals surface area contributed by atoms with E-state index >= 15 is 0 Å². The van der Waals surface area contributed by atoms with Crippen molar-refractivity contribution in [1.29, 1.82) is 0 Å². The molecular weight excluding hydrogens is 384 g/mol. The molecule has 0 bridgehead atoms. The summed E-state index contributed by atoms with van der Waals surface area (Å²) in [5, 5.41) is 8.07. The lowest BCUT2D eigenvalue weighted by Gasteiger charge is -1.98. The molecular formula is C19H17ClN4O2S. The van der Waals surface area contributed by atoms with E-state index < -0.39 is 5.97 Å². The number of hydrogen-bond acceptors (Lipinski definition) is 6. The summed E-state index contributed by atoms with van der Waals surface area (Å²) in [6.45, 7) is 2.05. The third-order valence-corrected chi connectivity index (χ3v) is 4.73. The third kappa shape index (κ3) is 3.56. The minimum Gasteiger partial charge on any atom is -0.461 e. The minimum absolute atomic E-state index is 0. The second-order valence-electron chi connectivity index (χ2n) is 5.37. The third-order valence-electron chi connectivity index (χ3n) is 3.70. The number of pyridine rings is 1. The van der Waals surface area contributed by atoms with E-state index in [1.807, 2.05) is 36.4 Å². The van der Waals surface area contributed by atoms with Crippen molar-refractivity contribution in [2.24, 2.45) is 0 Å². The van der Waals surface area contributed by atoms with E-state index in [0.717, 1.165) is 16.6 Å². The molecule has 138 valence electrons. The molecule has 0 fully saturated rings. The maximum absolute atomic E-state index is 11.9. The highest BCUT2D eigenvalue weighted by Gasteiger charge is 2.19. The molecule has 4 aromatic rings. The van der Waals surface area contributed by atoms with E-state index in [1.54, 1.807) is 23.1 Å². The Morgan fingerprint density at radius 3 is 2.70 bits per heavy atom. The highest BCUT2D eigenvalue weighted by molar-refractivity contribution is 7.12. The van der Waals surface area contributed by atoms with Crippen molar-refractivity contribution in [2.45, 2.75) is 14.4 Å².